The fraction of sp³-hybridized carbons (Fsp3) is 0.455. The van der Waals surface area contributed by atoms with Crippen LogP contribution in [0.25, 0.3) is 0 Å². The number of fused-ring (bicyclic) bond motifs is 1. The lowest BCUT2D eigenvalue weighted by molar-refractivity contribution is 0.280. The predicted molar refractivity (Wildman–Crippen MR) is 64.1 cm³/mol. The highest BCUT2D eigenvalue weighted by molar-refractivity contribution is 8.16. The number of thioether (sulfide) groups is 2. The molecule has 0 atom stereocenters. The second kappa shape index (κ2) is 4.07. The Kier molecular flexibility index (Phi) is 2.98. The van der Waals surface area contributed by atoms with Gasteiger partial charge in [-0.1, -0.05) is 12.1 Å². The quantitative estimate of drug-likeness (QED) is 0.716. The van der Waals surface area contributed by atoms with Gasteiger partial charge in [0.2, 0.25) is 0 Å². The SMILES string of the molecule is CSC1(SC)CCOc2ccc[c]c21. The Morgan fingerprint density at radius 1 is 1.43 bits per heavy atom. The molecule has 3 heteroatoms. The summed E-state index contributed by atoms with van der Waals surface area (Å²) in [5, 5.41) is 0. The number of hydrogen-bond acceptors (Lipinski definition) is 3. The van der Waals surface area contributed by atoms with Gasteiger partial charge in [-0.2, -0.15) is 0 Å². The third-order valence-corrected chi connectivity index (χ3v) is 5.68. The lowest BCUT2D eigenvalue weighted by atomic mass is 10.1. The minimum Gasteiger partial charge on any atom is -0.493 e. The molecule has 0 N–H and O–H groups in total. The Morgan fingerprint density at radius 2 is 2.21 bits per heavy atom. The largest absolute Gasteiger partial charge is 0.493 e. The third kappa shape index (κ3) is 1.52. The van der Waals surface area contributed by atoms with E-state index in [0.29, 0.717) is 0 Å². The number of benzene rings is 1. The fourth-order valence-corrected chi connectivity index (χ4v) is 3.72. The Labute approximate surface area is 93.6 Å². The van der Waals surface area contributed by atoms with E-state index >= 15 is 0 Å². The maximum Gasteiger partial charge on any atom is 0.125 e. The van der Waals surface area contributed by atoms with Gasteiger partial charge in [-0.3, -0.25) is 0 Å². The molecule has 2 rings (SSSR count). The zero-order valence-corrected chi connectivity index (χ0v) is 10.0. The summed E-state index contributed by atoms with van der Waals surface area (Å²) < 4.78 is 5.77. The van der Waals surface area contributed by atoms with Gasteiger partial charge in [0.15, 0.2) is 0 Å². The minimum atomic E-state index is 0.148. The second-order valence-corrected chi connectivity index (χ2v) is 5.64. The Bertz CT molecular complexity index is 321. The van der Waals surface area contributed by atoms with Crippen LogP contribution in [0.1, 0.15) is 12.0 Å². The average Bonchev–Trinajstić information content (AvgIpc) is 2.28. The summed E-state index contributed by atoms with van der Waals surface area (Å²) in [5.74, 6) is 1.00. The van der Waals surface area contributed by atoms with E-state index < -0.39 is 0 Å². The van der Waals surface area contributed by atoms with E-state index in [1.807, 2.05) is 41.7 Å². The zero-order valence-electron chi connectivity index (χ0n) is 8.37. The molecule has 0 bridgehead atoms. The van der Waals surface area contributed by atoms with Crippen LogP contribution in [0, 0.1) is 6.07 Å². The van der Waals surface area contributed by atoms with Gasteiger partial charge in [-0.05, 0) is 24.6 Å². The smallest absolute Gasteiger partial charge is 0.125 e. The lowest BCUT2D eigenvalue weighted by Crippen LogP contribution is -2.26. The molecule has 1 heterocycles. The molecule has 75 valence electrons. The van der Waals surface area contributed by atoms with Gasteiger partial charge in [0.1, 0.15) is 5.75 Å². The molecule has 1 aliphatic heterocycles. The van der Waals surface area contributed by atoms with Gasteiger partial charge < -0.3 is 4.74 Å². The number of ether oxygens (including phenoxy) is 1. The summed E-state index contributed by atoms with van der Waals surface area (Å²) in [4.78, 5) is 0. The van der Waals surface area contributed by atoms with Crippen LogP contribution in [-0.4, -0.2) is 19.1 Å². The van der Waals surface area contributed by atoms with Crippen LogP contribution < -0.4 is 4.74 Å². The molecule has 0 spiro atoms. The van der Waals surface area contributed by atoms with Crippen molar-refractivity contribution < 1.29 is 4.74 Å². The minimum absolute atomic E-state index is 0.148. The van der Waals surface area contributed by atoms with Crippen LogP contribution in [0.5, 0.6) is 5.75 Å². The Balaban J connectivity index is 2.48. The van der Waals surface area contributed by atoms with Gasteiger partial charge in [-0.25, -0.2) is 0 Å². The van der Waals surface area contributed by atoms with Crippen LogP contribution in [0.4, 0.5) is 0 Å². The molecule has 0 saturated carbocycles. The maximum atomic E-state index is 5.62. The first-order valence-electron chi connectivity index (χ1n) is 4.57. The van der Waals surface area contributed by atoms with Crippen LogP contribution in [0.3, 0.4) is 0 Å². The van der Waals surface area contributed by atoms with E-state index in [4.69, 9.17) is 4.74 Å². The molecule has 14 heavy (non-hydrogen) atoms. The van der Waals surface area contributed by atoms with Crippen LogP contribution >= 0.6 is 23.5 Å². The van der Waals surface area contributed by atoms with Gasteiger partial charge in [0.25, 0.3) is 0 Å². The van der Waals surface area contributed by atoms with Crippen LogP contribution in [-0.2, 0) is 4.08 Å². The summed E-state index contributed by atoms with van der Waals surface area (Å²) in [5.41, 5.74) is 1.21. The molecular weight excluding hydrogens is 212 g/mol. The first-order chi connectivity index (χ1) is 6.82. The predicted octanol–water partition coefficient (Wildman–Crippen LogP) is 3.15. The normalized spacial score (nSPS) is 18.4. The van der Waals surface area contributed by atoms with E-state index in [2.05, 4.69) is 18.6 Å². The van der Waals surface area contributed by atoms with Crippen molar-refractivity contribution in [1.29, 1.82) is 0 Å². The van der Waals surface area contributed by atoms with E-state index in [0.717, 1.165) is 18.8 Å². The van der Waals surface area contributed by atoms with Crippen molar-refractivity contribution in [2.75, 3.05) is 19.1 Å². The van der Waals surface area contributed by atoms with Gasteiger partial charge in [-0.15, -0.1) is 23.5 Å². The standard InChI is InChI=1S/C11H13OS2/c1-13-11(14-2)7-8-12-10-6-4-3-5-9(10)11/h3-4,6H,7-8H2,1-2H3. The first kappa shape index (κ1) is 10.2. The maximum absolute atomic E-state index is 5.62. The van der Waals surface area contributed by atoms with E-state index in [1.54, 1.807) is 0 Å². The number of rotatable bonds is 2. The Morgan fingerprint density at radius 3 is 2.93 bits per heavy atom. The van der Waals surface area contributed by atoms with Crippen LogP contribution in [0.2, 0.25) is 0 Å². The van der Waals surface area contributed by atoms with E-state index in [-0.39, 0.29) is 4.08 Å². The Hall–Kier alpha value is -0.280. The monoisotopic (exact) mass is 225 g/mol. The van der Waals surface area contributed by atoms with Crippen molar-refractivity contribution in [3.63, 3.8) is 0 Å². The first-order valence-corrected chi connectivity index (χ1v) is 7.01. The average molecular weight is 225 g/mol. The van der Waals surface area contributed by atoms with Gasteiger partial charge >= 0.3 is 0 Å². The van der Waals surface area contributed by atoms with E-state index in [1.165, 1.54) is 5.56 Å². The molecule has 1 radical (unpaired) electrons. The van der Waals surface area contributed by atoms with Crippen molar-refractivity contribution in [3.8, 4) is 5.75 Å². The topological polar surface area (TPSA) is 9.23 Å². The molecule has 1 nitrogen and oxygen atoms in total. The third-order valence-electron chi connectivity index (χ3n) is 2.55. The van der Waals surface area contributed by atoms with E-state index in [9.17, 15) is 0 Å². The number of hydrogen-bond donors (Lipinski definition) is 0. The lowest BCUT2D eigenvalue weighted by Gasteiger charge is -2.35. The van der Waals surface area contributed by atoms with Crippen molar-refractivity contribution in [3.05, 3.63) is 29.8 Å². The highest BCUT2D eigenvalue weighted by Gasteiger charge is 2.36. The second-order valence-electron chi connectivity index (χ2n) is 3.17. The van der Waals surface area contributed by atoms with Crippen molar-refractivity contribution >= 4 is 23.5 Å². The molecule has 0 aromatic heterocycles. The molecule has 1 aromatic carbocycles. The highest BCUT2D eigenvalue weighted by atomic mass is 32.2. The van der Waals surface area contributed by atoms with Crippen molar-refractivity contribution in [1.82, 2.24) is 0 Å². The molecule has 0 amide bonds. The summed E-state index contributed by atoms with van der Waals surface area (Å²) in [6.45, 7) is 0.812. The molecule has 1 aromatic rings. The van der Waals surface area contributed by atoms with Crippen LogP contribution in [0.15, 0.2) is 18.2 Å². The molecular formula is C11H13OS2. The van der Waals surface area contributed by atoms with Crippen molar-refractivity contribution in [2.24, 2.45) is 0 Å². The van der Waals surface area contributed by atoms with Gasteiger partial charge in [0, 0.05) is 12.0 Å². The molecule has 0 saturated heterocycles. The molecule has 0 aliphatic carbocycles. The summed E-state index contributed by atoms with van der Waals surface area (Å²) in [6.07, 6.45) is 5.38. The summed E-state index contributed by atoms with van der Waals surface area (Å²) in [6, 6.07) is 9.30. The summed E-state index contributed by atoms with van der Waals surface area (Å²) >= 11 is 3.78. The molecule has 0 fully saturated rings. The van der Waals surface area contributed by atoms with Crippen molar-refractivity contribution in [2.45, 2.75) is 10.5 Å². The highest BCUT2D eigenvalue weighted by Crippen LogP contribution is 2.51. The summed E-state index contributed by atoms with van der Waals surface area (Å²) in [7, 11) is 0. The fourth-order valence-electron chi connectivity index (χ4n) is 1.75. The molecule has 0 unspecified atom stereocenters. The van der Waals surface area contributed by atoms with Gasteiger partial charge in [0.05, 0.1) is 10.7 Å². The zero-order chi connectivity index (χ0) is 10.0. The molecule has 1 aliphatic rings.